The van der Waals surface area contributed by atoms with Gasteiger partial charge in [-0.15, -0.1) is 10.2 Å². The second-order valence-corrected chi connectivity index (χ2v) is 6.26. The number of amides is 1. The molecular weight excluding hydrogens is 352 g/mol. The Kier molecular flexibility index (Phi) is 4.86. The number of aromatic nitrogens is 3. The molecule has 0 aromatic carbocycles. The predicted molar refractivity (Wildman–Crippen MR) is 90.1 cm³/mol. The number of hydrogen-bond acceptors (Lipinski definition) is 7. The fraction of sp³-hybridized carbons (Fsp3) is 0.200. The van der Waals surface area contributed by atoms with Gasteiger partial charge in [0, 0.05) is 6.20 Å². The zero-order valence-electron chi connectivity index (χ0n) is 12.9. The van der Waals surface area contributed by atoms with Crippen molar-refractivity contribution < 1.29 is 13.6 Å². The Morgan fingerprint density at radius 1 is 1.29 bits per heavy atom. The number of nitrogens with zero attached hydrogens (tertiary/aromatic N) is 3. The molecule has 0 aliphatic heterocycles. The van der Waals surface area contributed by atoms with Crippen LogP contribution in [-0.4, -0.2) is 26.8 Å². The predicted octanol–water partition coefficient (Wildman–Crippen LogP) is 3.73. The van der Waals surface area contributed by atoms with E-state index in [4.69, 9.17) is 20.4 Å². The molecule has 124 valence electrons. The zero-order chi connectivity index (χ0) is 17.1. The maximum absolute atomic E-state index is 11.9. The molecule has 7 nitrogen and oxygen atoms in total. The highest BCUT2D eigenvalue weighted by Crippen LogP contribution is 2.27. The minimum absolute atomic E-state index is 0.120. The highest BCUT2D eigenvalue weighted by atomic mass is 35.5. The van der Waals surface area contributed by atoms with E-state index >= 15 is 0 Å². The summed E-state index contributed by atoms with van der Waals surface area (Å²) in [5, 5.41) is 11.4. The van der Waals surface area contributed by atoms with Crippen LogP contribution >= 0.6 is 23.4 Å². The van der Waals surface area contributed by atoms with Crippen molar-refractivity contribution in [3.63, 3.8) is 0 Å². The molecular formula is C15H13ClN4O3S. The smallest absolute Gasteiger partial charge is 0.277 e. The molecule has 24 heavy (non-hydrogen) atoms. The Morgan fingerprint density at radius 3 is 2.79 bits per heavy atom. The Morgan fingerprint density at radius 2 is 2.12 bits per heavy atom. The maximum Gasteiger partial charge on any atom is 0.277 e. The molecule has 0 unspecified atom stereocenters. The van der Waals surface area contributed by atoms with Crippen molar-refractivity contribution in [2.24, 2.45) is 0 Å². The lowest BCUT2D eigenvalue weighted by Gasteiger charge is -2.02. The van der Waals surface area contributed by atoms with Gasteiger partial charge < -0.3 is 14.2 Å². The second-order valence-electron chi connectivity index (χ2n) is 4.90. The van der Waals surface area contributed by atoms with E-state index in [2.05, 4.69) is 20.5 Å². The molecule has 0 spiro atoms. The van der Waals surface area contributed by atoms with Crippen LogP contribution in [-0.2, 0) is 4.79 Å². The highest BCUT2D eigenvalue weighted by Gasteiger charge is 2.15. The molecule has 1 N–H and O–H groups in total. The Balaban J connectivity index is 1.58. The average molecular weight is 365 g/mol. The van der Waals surface area contributed by atoms with Crippen molar-refractivity contribution in [1.82, 2.24) is 15.2 Å². The van der Waals surface area contributed by atoms with Crippen LogP contribution < -0.4 is 5.32 Å². The van der Waals surface area contributed by atoms with Crippen LogP contribution in [0.15, 0.2) is 38.5 Å². The summed E-state index contributed by atoms with van der Waals surface area (Å²) < 4.78 is 11.0. The summed E-state index contributed by atoms with van der Waals surface area (Å²) in [7, 11) is 0. The minimum atomic E-state index is -0.232. The van der Waals surface area contributed by atoms with E-state index in [0.29, 0.717) is 27.7 Å². The van der Waals surface area contributed by atoms with Crippen LogP contribution in [0.5, 0.6) is 0 Å². The van der Waals surface area contributed by atoms with Gasteiger partial charge in [0.15, 0.2) is 0 Å². The zero-order valence-corrected chi connectivity index (χ0v) is 14.4. The molecule has 3 aromatic rings. The third-order valence-corrected chi connectivity index (χ3v) is 4.04. The molecule has 3 rings (SSSR count). The van der Waals surface area contributed by atoms with E-state index in [0.717, 1.165) is 23.1 Å². The first-order valence-electron chi connectivity index (χ1n) is 6.96. The molecule has 0 radical (unpaired) electrons. The van der Waals surface area contributed by atoms with Gasteiger partial charge in [-0.05, 0) is 32.0 Å². The van der Waals surface area contributed by atoms with Gasteiger partial charge in [-0.1, -0.05) is 23.4 Å². The fourth-order valence-corrected chi connectivity index (χ4v) is 2.65. The molecule has 3 aromatic heterocycles. The van der Waals surface area contributed by atoms with Gasteiger partial charge in [0.05, 0.1) is 16.3 Å². The van der Waals surface area contributed by atoms with Crippen LogP contribution in [0.2, 0.25) is 5.02 Å². The molecule has 0 saturated heterocycles. The molecule has 0 fully saturated rings. The average Bonchev–Trinajstić information content (AvgIpc) is 3.13. The van der Waals surface area contributed by atoms with Crippen molar-refractivity contribution in [3.05, 3.63) is 40.9 Å². The molecule has 9 heteroatoms. The Labute approximate surface area is 146 Å². The number of furan rings is 1. The third kappa shape index (κ3) is 3.95. The quantitative estimate of drug-likeness (QED) is 0.689. The molecule has 0 aliphatic carbocycles. The molecule has 1 amide bonds. The van der Waals surface area contributed by atoms with Crippen molar-refractivity contribution in [2.45, 2.75) is 19.1 Å². The monoisotopic (exact) mass is 364 g/mol. The van der Waals surface area contributed by atoms with E-state index in [9.17, 15) is 4.79 Å². The number of halogens is 1. The largest absolute Gasteiger partial charge is 0.466 e. The van der Waals surface area contributed by atoms with Gasteiger partial charge in [0.1, 0.15) is 17.3 Å². The Hall–Kier alpha value is -2.32. The molecule has 0 saturated carbocycles. The van der Waals surface area contributed by atoms with Crippen LogP contribution in [0.4, 0.5) is 5.82 Å². The lowest BCUT2D eigenvalue weighted by molar-refractivity contribution is -0.113. The van der Waals surface area contributed by atoms with Crippen molar-refractivity contribution >= 4 is 35.1 Å². The summed E-state index contributed by atoms with van der Waals surface area (Å²) in [6.45, 7) is 3.67. The number of rotatable bonds is 5. The van der Waals surface area contributed by atoms with Crippen LogP contribution in [0, 0.1) is 13.8 Å². The summed E-state index contributed by atoms with van der Waals surface area (Å²) in [5.74, 6) is 2.16. The number of carbonyl (C=O) groups excluding carboxylic acids is 1. The SMILES string of the molecule is Cc1cc(-c2nnc(SCC(=O)Nc3ccc(Cl)cn3)o2)c(C)o1. The number of anilines is 1. The van der Waals surface area contributed by atoms with Crippen LogP contribution in [0.3, 0.4) is 0 Å². The summed E-state index contributed by atoms with van der Waals surface area (Å²) in [6.07, 6.45) is 1.46. The maximum atomic E-state index is 11.9. The molecule has 0 atom stereocenters. The van der Waals surface area contributed by atoms with E-state index < -0.39 is 0 Å². The number of aryl methyl sites for hydroxylation is 2. The van der Waals surface area contributed by atoms with Crippen molar-refractivity contribution in [3.8, 4) is 11.5 Å². The van der Waals surface area contributed by atoms with Gasteiger partial charge in [0.25, 0.3) is 11.1 Å². The number of carbonyl (C=O) groups is 1. The van der Waals surface area contributed by atoms with E-state index in [-0.39, 0.29) is 11.7 Å². The number of hydrogen-bond donors (Lipinski definition) is 1. The van der Waals surface area contributed by atoms with E-state index in [1.807, 2.05) is 19.9 Å². The summed E-state index contributed by atoms with van der Waals surface area (Å²) in [5.41, 5.74) is 0.752. The molecule has 0 aliphatic rings. The highest BCUT2D eigenvalue weighted by molar-refractivity contribution is 7.99. The normalized spacial score (nSPS) is 10.8. The van der Waals surface area contributed by atoms with Gasteiger partial charge in [-0.25, -0.2) is 4.98 Å². The van der Waals surface area contributed by atoms with Gasteiger partial charge >= 0.3 is 0 Å². The van der Waals surface area contributed by atoms with Gasteiger partial charge in [-0.2, -0.15) is 0 Å². The lowest BCUT2D eigenvalue weighted by atomic mass is 10.2. The topological polar surface area (TPSA) is 94.1 Å². The van der Waals surface area contributed by atoms with Crippen molar-refractivity contribution in [1.29, 1.82) is 0 Å². The van der Waals surface area contributed by atoms with Gasteiger partial charge in [0.2, 0.25) is 5.91 Å². The first-order chi connectivity index (χ1) is 11.5. The van der Waals surface area contributed by atoms with Crippen LogP contribution in [0.1, 0.15) is 11.5 Å². The summed E-state index contributed by atoms with van der Waals surface area (Å²) in [6, 6.07) is 5.10. The first kappa shape index (κ1) is 16.5. The number of nitrogens with one attached hydrogen (secondary N) is 1. The molecule has 0 bridgehead atoms. The van der Waals surface area contributed by atoms with Gasteiger partial charge in [-0.3, -0.25) is 4.79 Å². The minimum Gasteiger partial charge on any atom is -0.466 e. The van der Waals surface area contributed by atoms with E-state index in [1.165, 1.54) is 6.20 Å². The molecule has 3 heterocycles. The first-order valence-corrected chi connectivity index (χ1v) is 8.33. The fourth-order valence-electron chi connectivity index (χ4n) is 1.98. The number of pyridine rings is 1. The standard InChI is InChI=1S/C15H13ClN4O3S/c1-8-5-11(9(2)22-8)14-19-20-15(23-14)24-7-13(21)18-12-4-3-10(16)6-17-12/h3-6H,7H2,1-2H3,(H,17,18,21). The van der Waals surface area contributed by atoms with Crippen LogP contribution in [0.25, 0.3) is 11.5 Å². The summed E-state index contributed by atoms with van der Waals surface area (Å²) >= 11 is 6.88. The lowest BCUT2D eigenvalue weighted by Crippen LogP contribution is -2.14. The number of thioether (sulfide) groups is 1. The van der Waals surface area contributed by atoms with E-state index in [1.54, 1.807) is 12.1 Å². The third-order valence-electron chi connectivity index (χ3n) is 3.00. The second kappa shape index (κ2) is 7.06. The Bertz CT molecular complexity index is 860. The van der Waals surface area contributed by atoms with Crippen molar-refractivity contribution in [2.75, 3.05) is 11.1 Å². The summed E-state index contributed by atoms with van der Waals surface area (Å²) in [4.78, 5) is 15.9.